The Morgan fingerprint density at radius 2 is 2.53 bits per heavy atom. The zero-order chi connectivity index (χ0) is 10.7. The van der Waals surface area contributed by atoms with Gasteiger partial charge in [0.15, 0.2) is 0 Å². The zero-order valence-electron chi connectivity index (χ0n) is 9.44. The van der Waals surface area contributed by atoms with Crippen molar-refractivity contribution in [2.45, 2.75) is 18.9 Å². The highest BCUT2D eigenvalue weighted by Crippen LogP contribution is 2.27. The van der Waals surface area contributed by atoms with Gasteiger partial charge in [-0.05, 0) is 26.0 Å². The van der Waals surface area contributed by atoms with Crippen molar-refractivity contribution in [2.24, 2.45) is 13.0 Å². The van der Waals surface area contributed by atoms with E-state index in [0.717, 1.165) is 13.2 Å². The third kappa shape index (κ3) is 2.21. The molecular weight excluding hydrogens is 190 g/mol. The fourth-order valence-corrected chi connectivity index (χ4v) is 2.34. The molecular formula is C11H19N3O. The number of ether oxygens (including phenoxy) is 1. The largest absolute Gasteiger partial charge is 0.381 e. The van der Waals surface area contributed by atoms with Gasteiger partial charge in [-0.3, -0.25) is 4.68 Å². The minimum Gasteiger partial charge on any atom is -0.381 e. The van der Waals surface area contributed by atoms with Crippen LogP contribution in [0.1, 0.15) is 24.6 Å². The van der Waals surface area contributed by atoms with Crippen LogP contribution in [0.2, 0.25) is 0 Å². The van der Waals surface area contributed by atoms with E-state index in [2.05, 4.69) is 16.5 Å². The van der Waals surface area contributed by atoms with Crippen LogP contribution in [0.5, 0.6) is 0 Å². The van der Waals surface area contributed by atoms with Crippen LogP contribution in [-0.4, -0.2) is 30.0 Å². The average Bonchev–Trinajstić information content (AvgIpc) is 2.68. The van der Waals surface area contributed by atoms with Crippen molar-refractivity contribution in [1.29, 1.82) is 0 Å². The first-order valence-electron chi connectivity index (χ1n) is 5.56. The molecule has 1 aliphatic rings. The summed E-state index contributed by atoms with van der Waals surface area (Å²) in [7, 11) is 4.00. The van der Waals surface area contributed by atoms with Gasteiger partial charge in [-0.15, -0.1) is 0 Å². The first-order chi connectivity index (χ1) is 7.33. The first kappa shape index (κ1) is 10.6. The van der Waals surface area contributed by atoms with Crippen LogP contribution in [0.25, 0.3) is 0 Å². The third-order valence-electron chi connectivity index (χ3n) is 3.16. The second-order valence-electron chi connectivity index (χ2n) is 4.12. The molecule has 4 heteroatoms. The topological polar surface area (TPSA) is 39.1 Å². The van der Waals surface area contributed by atoms with E-state index in [9.17, 15) is 0 Å². The first-order valence-corrected chi connectivity index (χ1v) is 5.56. The van der Waals surface area contributed by atoms with E-state index < -0.39 is 0 Å². The fourth-order valence-electron chi connectivity index (χ4n) is 2.34. The number of aryl methyl sites for hydroxylation is 1. The van der Waals surface area contributed by atoms with Gasteiger partial charge in [0.05, 0.1) is 18.3 Å². The predicted octanol–water partition coefficient (Wildman–Crippen LogP) is 1.11. The van der Waals surface area contributed by atoms with Gasteiger partial charge in [0.1, 0.15) is 0 Å². The average molecular weight is 209 g/mol. The second-order valence-corrected chi connectivity index (χ2v) is 4.12. The molecule has 1 saturated heterocycles. The van der Waals surface area contributed by atoms with Crippen LogP contribution < -0.4 is 5.32 Å². The van der Waals surface area contributed by atoms with Crippen LogP contribution >= 0.6 is 0 Å². The van der Waals surface area contributed by atoms with Crippen molar-refractivity contribution in [3.05, 3.63) is 18.0 Å². The molecule has 0 radical (unpaired) electrons. The Balaban J connectivity index is 2.12. The molecule has 1 aliphatic heterocycles. The Labute approximate surface area is 90.6 Å². The highest BCUT2D eigenvalue weighted by atomic mass is 16.5. The lowest BCUT2D eigenvalue weighted by atomic mass is 9.91. The molecule has 0 amide bonds. The number of nitrogens with one attached hydrogen (secondary N) is 1. The van der Waals surface area contributed by atoms with E-state index in [1.807, 2.05) is 25.0 Å². The van der Waals surface area contributed by atoms with Crippen LogP contribution in [0, 0.1) is 5.92 Å². The SMILES string of the molecule is CNC(c1ccnn1C)C1CCCOC1. The molecule has 1 aromatic rings. The van der Waals surface area contributed by atoms with Gasteiger partial charge >= 0.3 is 0 Å². The maximum atomic E-state index is 5.53. The van der Waals surface area contributed by atoms with E-state index in [1.54, 1.807) is 0 Å². The number of hydrogen-bond donors (Lipinski definition) is 1. The molecule has 2 rings (SSSR count). The molecule has 0 aliphatic carbocycles. The summed E-state index contributed by atoms with van der Waals surface area (Å²) in [5.74, 6) is 0.569. The number of rotatable bonds is 3. The fraction of sp³-hybridized carbons (Fsp3) is 0.727. The summed E-state index contributed by atoms with van der Waals surface area (Å²) in [4.78, 5) is 0. The zero-order valence-corrected chi connectivity index (χ0v) is 9.44. The van der Waals surface area contributed by atoms with Gasteiger partial charge in [0.25, 0.3) is 0 Å². The summed E-state index contributed by atoms with van der Waals surface area (Å²) in [6.07, 6.45) is 4.25. The lowest BCUT2D eigenvalue weighted by Crippen LogP contribution is -2.32. The maximum Gasteiger partial charge on any atom is 0.0553 e. The Hall–Kier alpha value is -0.870. The molecule has 84 valence electrons. The molecule has 2 heterocycles. The third-order valence-corrected chi connectivity index (χ3v) is 3.16. The smallest absolute Gasteiger partial charge is 0.0553 e. The second kappa shape index (κ2) is 4.77. The van der Waals surface area contributed by atoms with Gasteiger partial charge in [-0.25, -0.2) is 0 Å². The van der Waals surface area contributed by atoms with Crippen molar-refractivity contribution >= 4 is 0 Å². The molecule has 0 bridgehead atoms. The van der Waals surface area contributed by atoms with Gasteiger partial charge in [-0.2, -0.15) is 5.10 Å². The normalized spacial score (nSPS) is 24.0. The van der Waals surface area contributed by atoms with Gasteiger partial charge in [-0.1, -0.05) is 0 Å². The quantitative estimate of drug-likeness (QED) is 0.810. The van der Waals surface area contributed by atoms with Gasteiger partial charge < -0.3 is 10.1 Å². The lowest BCUT2D eigenvalue weighted by molar-refractivity contribution is 0.0390. The maximum absolute atomic E-state index is 5.53. The summed E-state index contributed by atoms with van der Waals surface area (Å²) >= 11 is 0. The van der Waals surface area contributed by atoms with Gasteiger partial charge in [0, 0.05) is 25.8 Å². The minimum absolute atomic E-state index is 0.359. The van der Waals surface area contributed by atoms with Crippen molar-refractivity contribution < 1.29 is 4.74 Å². The molecule has 1 N–H and O–H groups in total. The molecule has 0 saturated carbocycles. The van der Waals surface area contributed by atoms with Crippen LogP contribution in [-0.2, 0) is 11.8 Å². The molecule has 0 spiro atoms. The number of aromatic nitrogens is 2. The molecule has 15 heavy (non-hydrogen) atoms. The van der Waals surface area contributed by atoms with Crippen LogP contribution in [0.4, 0.5) is 0 Å². The Morgan fingerprint density at radius 3 is 3.07 bits per heavy atom. The summed E-state index contributed by atoms with van der Waals surface area (Å²) in [5.41, 5.74) is 1.24. The van der Waals surface area contributed by atoms with E-state index >= 15 is 0 Å². The predicted molar refractivity (Wildman–Crippen MR) is 58.6 cm³/mol. The standard InChI is InChI=1S/C11H19N3O/c1-12-11(9-4-3-7-15-8-9)10-5-6-13-14(10)2/h5-6,9,11-12H,3-4,7-8H2,1-2H3. The molecule has 2 unspecified atom stereocenters. The molecule has 0 aromatic carbocycles. The van der Waals surface area contributed by atoms with E-state index in [-0.39, 0.29) is 0 Å². The summed E-state index contributed by atoms with van der Waals surface area (Å²) in [6.45, 7) is 1.77. The van der Waals surface area contributed by atoms with Crippen molar-refractivity contribution in [3.63, 3.8) is 0 Å². The van der Waals surface area contributed by atoms with Crippen molar-refractivity contribution in [3.8, 4) is 0 Å². The minimum atomic E-state index is 0.359. The van der Waals surface area contributed by atoms with Crippen LogP contribution in [0.3, 0.4) is 0 Å². The van der Waals surface area contributed by atoms with Crippen LogP contribution in [0.15, 0.2) is 12.3 Å². The summed E-state index contributed by atoms with van der Waals surface area (Å²) in [5, 5.41) is 7.59. The van der Waals surface area contributed by atoms with Gasteiger partial charge in [0.2, 0.25) is 0 Å². The van der Waals surface area contributed by atoms with E-state index in [1.165, 1.54) is 18.5 Å². The monoisotopic (exact) mass is 209 g/mol. The molecule has 4 nitrogen and oxygen atoms in total. The van der Waals surface area contributed by atoms with Crippen molar-refractivity contribution in [1.82, 2.24) is 15.1 Å². The molecule has 1 aromatic heterocycles. The summed E-state index contributed by atoms with van der Waals surface area (Å²) < 4.78 is 7.47. The Bertz CT molecular complexity index is 305. The Morgan fingerprint density at radius 1 is 1.67 bits per heavy atom. The highest BCUT2D eigenvalue weighted by Gasteiger charge is 2.26. The number of nitrogens with zero attached hydrogens (tertiary/aromatic N) is 2. The Kier molecular flexibility index (Phi) is 3.38. The highest BCUT2D eigenvalue weighted by molar-refractivity contribution is 5.08. The molecule has 2 atom stereocenters. The molecule has 1 fully saturated rings. The van der Waals surface area contributed by atoms with E-state index in [0.29, 0.717) is 12.0 Å². The number of hydrogen-bond acceptors (Lipinski definition) is 3. The van der Waals surface area contributed by atoms with E-state index in [4.69, 9.17) is 4.74 Å². The summed E-state index contributed by atoms with van der Waals surface area (Å²) in [6, 6.07) is 2.44. The van der Waals surface area contributed by atoms with Crippen molar-refractivity contribution in [2.75, 3.05) is 20.3 Å². The lowest BCUT2D eigenvalue weighted by Gasteiger charge is -2.30.